The smallest absolute Gasteiger partial charge is 0.129 e. The maximum atomic E-state index is 5.43. The lowest BCUT2D eigenvalue weighted by atomic mass is 10.0. The first-order valence-corrected chi connectivity index (χ1v) is 5.29. The lowest BCUT2D eigenvalue weighted by molar-refractivity contribution is 0.413. The van der Waals surface area contributed by atoms with E-state index in [2.05, 4.69) is 17.1 Å². The summed E-state index contributed by atoms with van der Waals surface area (Å²) in [7, 11) is 1.70. The summed E-state index contributed by atoms with van der Waals surface area (Å²) in [6.45, 7) is 4.03. The van der Waals surface area contributed by atoms with Gasteiger partial charge in [0, 0.05) is 23.0 Å². The van der Waals surface area contributed by atoms with Gasteiger partial charge in [0.15, 0.2) is 0 Å². The average molecular weight is 213 g/mol. The number of methoxy groups -OCH3 is 1. The minimum atomic E-state index is 0.924. The zero-order chi connectivity index (χ0) is 11.5. The summed E-state index contributed by atoms with van der Waals surface area (Å²) in [5, 5.41) is 0. The largest absolute Gasteiger partial charge is 0.496 e. The summed E-state index contributed by atoms with van der Waals surface area (Å²) in [5.41, 5.74) is 4.34. The second kappa shape index (κ2) is 4.35. The molecular formula is C14H15NO. The predicted octanol–water partition coefficient (Wildman–Crippen LogP) is 3.37. The zero-order valence-electron chi connectivity index (χ0n) is 9.82. The van der Waals surface area contributed by atoms with Gasteiger partial charge < -0.3 is 4.74 Å². The molecule has 0 amide bonds. The van der Waals surface area contributed by atoms with E-state index in [1.165, 1.54) is 0 Å². The maximum absolute atomic E-state index is 5.43. The van der Waals surface area contributed by atoms with Crippen LogP contribution >= 0.6 is 0 Å². The van der Waals surface area contributed by atoms with Gasteiger partial charge in [-0.25, -0.2) is 0 Å². The Morgan fingerprint density at radius 1 is 1.06 bits per heavy atom. The third kappa shape index (κ3) is 1.91. The normalized spacial score (nSPS) is 10.2. The van der Waals surface area contributed by atoms with Crippen LogP contribution in [0.4, 0.5) is 0 Å². The van der Waals surface area contributed by atoms with Crippen molar-refractivity contribution < 1.29 is 4.74 Å². The molecule has 1 heterocycles. The molecule has 0 spiro atoms. The summed E-state index contributed by atoms with van der Waals surface area (Å²) < 4.78 is 5.43. The highest BCUT2D eigenvalue weighted by Gasteiger charge is 2.07. The van der Waals surface area contributed by atoms with Gasteiger partial charge in [-0.2, -0.15) is 0 Å². The van der Waals surface area contributed by atoms with E-state index in [0.29, 0.717) is 0 Å². The summed E-state index contributed by atoms with van der Waals surface area (Å²) in [6, 6.07) is 10.2. The molecule has 2 rings (SSSR count). The van der Waals surface area contributed by atoms with Gasteiger partial charge in [-0.1, -0.05) is 24.3 Å². The third-order valence-corrected chi connectivity index (χ3v) is 2.64. The van der Waals surface area contributed by atoms with Crippen molar-refractivity contribution in [2.75, 3.05) is 7.11 Å². The number of nitrogens with zero attached hydrogens (tertiary/aromatic N) is 1. The van der Waals surface area contributed by atoms with Crippen LogP contribution in [0.25, 0.3) is 11.1 Å². The number of hydrogen-bond acceptors (Lipinski definition) is 2. The van der Waals surface area contributed by atoms with Crippen molar-refractivity contribution in [3.8, 4) is 16.9 Å². The molecule has 2 heteroatoms. The molecule has 0 unspecified atom stereocenters. The number of pyridine rings is 1. The number of aromatic nitrogens is 1. The summed E-state index contributed by atoms with van der Waals surface area (Å²) in [5.74, 6) is 0.924. The van der Waals surface area contributed by atoms with Crippen molar-refractivity contribution in [3.05, 3.63) is 47.8 Å². The van der Waals surface area contributed by atoms with Crippen molar-refractivity contribution in [3.63, 3.8) is 0 Å². The van der Waals surface area contributed by atoms with Gasteiger partial charge in [-0.3, -0.25) is 4.98 Å². The molecular weight excluding hydrogens is 198 g/mol. The zero-order valence-corrected chi connectivity index (χ0v) is 9.82. The summed E-state index contributed by atoms with van der Waals surface area (Å²) in [6.07, 6.45) is 1.88. The Hall–Kier alpha value is -1.83. The fraction of sp³-hybridized carbons (Fsp3) is 0.214. The molecule has 2 aromatic rings. The molecule has 0 aliphatic carbocycles. The molecule has 16 heavy (non-hydrogen) atoms. The highest BCUT2D eigenvalue weighted by atomic mass is 16.5. The van der Waals surface area contributed by atoms with Crippen LogP contribution < -0.4 is 4.74 Å². The Balaban J connectivity index is 2.55. The standard InChI is InChI=1S/C14H15NO/c1-10-5-4-6-13(14(10)16-3)12-8-7-11(2)15-9-12/h4-9H,1-3H3. The lowest BCUT2D eigenvalue weighted by Crippen LogP contribution is -1.91. The van der Waals surface area contributed by atoms with Crippen LogP contribution in [-0.2, 0) is 0 Å². The molecule has 1 aromatic heterocycles. The number of ether oxygens (including phenoxy) is 1. The van der Waals surface area contributed by atoms with Crippen LogP contribution in [0, 0.1) is 13.8 Å². The van der Waals surface area contributed by atoms with Crippen molar-refractivity contribution >= 4 is 0 Å². The number of benzene rings is 1. The van der Waals surface area contributed by atoms with Gasteiger partial charge in [-0.15, -0.1) is 0 Å². The molecule has 0 N–H and O–H groups in total. The molecule has 82 valence electrons. The van der Waals surface area contributed by atoms with Crippen LogP contribution in [0.1, 0.15) is 11.3 Å². The minimum Gasteiger partial charge on any atom is -0.496 e. The minimum absolute atomic E-state index is 0.924. The van der Waals surface area contributed by atoms with Gasteiger partial charge >= 0.3 is 0 Å². The van der Waals surface area contributed by atoms with Gasteiger partial charge in [0.2, 0.25) is 0 Å². The predicted molar refractivity (Wildman–Crippen MR) is 65.7 cm³/mol. The van der Waals surface area contributed by atoms with E-state index in [4.69, 9.17) is 4.74 Å². The number of rotatable bonds is 2. The van der Waals surface area contributed by atoms with Crippen LogP contribution in [-0.4, -0.2) is 12.1 Å². The van der Waals surface area contributed by atoms with Crippen molar-refractivity contribution in [2.45, 2.75) is 13.8 Å². The Bertz CT molecular complexity index is 489. The van der Waals surface area contributed by atoms with E-state index in [-0.39, 0.29) is 0 Å². The maximum Gasteiger partial charge on any atom is 0.129 e. The molecule has 0 saturated heterocycles. The number of para-hydroxylation sites is 1. The van der Waals surface area contributed by atoms with Crippen LogP contribution in [0.2, 0.25) is 0 Å². The van der Waals surface area contributed by atoms with Gasteiger partial charge in [0.05, 0.1) is 7.11 Å². The lowest BCUT2D eigenvalue weighted by Gasteiger charge is -2.11. The molecule has 0 atom stereocenters. The number of aryl methyl sites for hydroxylation is 2. The SMILES string of the molecule is COc1c(C)cccc1-c1ccc(C)nc1. The molecule has 0 aliphatic heterocycles. The molecule has 1 aromatic carbocycles. The van der Waals surface area contributed by atoms with Crippen molar-refractivity contribution in [1.82, 2.24) is 4.98 Å². The van der Waals surface area contributed by atoms with Crippen LogP contribution in [0.3, 0.4) is 0 Å². The van der Waals surface area contributed by atoms with E-state index in [9.17, 15) is 0 Å². The second-order valence-electron chi connectivity index (χ2n) is 3.84. The third-order valence-electron chi connectivity index (χ3n) is 2.64. The van der Waals surface area contributed by atoms with E-state index in [1.807, 2.05) is 38.2 Å². The van der Waals surface area contributed by atoms with E-state index in [0.717, 1.165) is 28.1 Å². The fourth-order valence-corrected chi connectivity index (χ4v) is 1.78. The highest BCUT2D eigenvalue weighted by molar-refractivity contribution is 5.71. The molecule has 0 aliphatic rings. The molecule has 2 nitrogen and oxygen atoms in total. The van der Waals surface area contributed by atoms with Crippen LogP contribution in [0.5, 0.6) is 5.75 Å². The van der Waals surface area contributed by atoms with Crippen molar-refractivity contribution in [1.29, 1.82) is 0 Å². The summed E-state index contributed by atoms with van der Waals surface area (Å²) >= 11 is 0. The van der Waals surface area contributed by atoms with E-state index < -0.39 is 0 Å². The number of hydrogen-bond donors (Lipinski definition) is 0. The van der Waals surface area contributed by atoms with Crippen molar-refractivity contribution in [2.24, 2.45) is 0 Å². The quantitative estimate of drug-likeness (QED) is 0.763. The van der Waals surface area contributed by atoms with Gasteiger partial charge in [0.25, 0.3) is 0 Å². The topological polar surface area (TPSA) is 22.1 Å². The second-order valence-corrected chi connectivity index (χ2v) is 3.84. The van der Waals surface area contributed by atoms with Crippen LogP contribution in [0.15, 0.2) is 36.5 Å². The Morgan fingerprint density at radius 3 is 2.50 bits per heavy atom. The highest BCUT2D eigenvalue weighted by Crippen LogP contribution is 2.32. The first-order valence-electron chi connectivity index (χ1n) is 5.29. The van der Waals surface area contributed by atoms with E-state index in [1.54, 1.807) is 7.11 Å². The fourth-order valence-electron chi connectivity index (χ4n) is 1.78. The Labute approximate surface area is 95.9 Å². The molecule has 0 fully saturated rings. The van der Waals surface area contributed by atoms with Gasteiger partial charge in [0.1, 0.15) is 5.75 Å². The average Bonchev–Trinajstić information content (AvgIpc) is 2.30. The first kappa shape index (κ1) is 10.7. The molecule has 0 saturated carbocycles. The Kier molecular flexibility index (Phi) is 2.91. The summed E-state index contributed by atoms with van der Waals surface area (Å²) in [4.78, 5) is 4.31. The van der Waals surface area contributed by atoms with E-state index >= 15 is 0 Å². The Morgan fingerprint density at radius 2 is 1.88 bits per heavy atom. The first-order chi connectivity index (χ1) is 7.72. The molecule has 0 radical (unpaired) electrons. The molecule has 0 bridgehead atoms. The monoisotopic (exact) mass is 213 g/mol. The van der Waals surface area contributed by atoms with Gasteiger partial charge in [-0.05, 0) is 25.5 Å².